The Hall–Kier alpha value is -3.24. The molecule has 3 heterocycles. The van der Waals surface area contributed by atoms with E-state index in [2.05, 4.69) is 26.6 Å². The van der Waals surface area contributed by atoms with Crippen molar-refractivity contribution in [2.45, 2.75) is 35.0 Å². The topological polar surface area (TPSA) is 108 Å². The van der Waals surface area contributed by atoms with E-state index in [-0.39, 0.29) is 10.7 Å². The quantitative estimate of drug-likeness (QED) is 0.338. The van der Waals surface area contributed by atoms with Gasteiger partial charge in [-0.25, -0.2) is 0 Å². The predicted molar refractivity (Wildman–Crippen MR) is 154 cm³/mol. The van der Waals surface area contributed by atoms with Crippen LogP contribution in [-0.2, 0) is 19.1 Å². The van der Waals surface area contributed by atoms with Gasteiger partial charge in [-0.15, -0.1) is 0 Å². The van der Waals surface area contributed by atoms with E-state index in [1.807, 2.05) is 36.4 Å². The molecule has 8 nitrogen and oxygen atoms in total. The first-order valence-corrected chi connectivity index (χ1v) is 14.4. The van der Waals surface area contributed by atoms with E-state index in [1.165, 1.54) is 4.90 Å². The first-order chi connectivity index (χ1) is 19.4. The van der Waals surface area contributed by atoms with Crippen molar-refractivity contribution in [3.63, 3.8) is 0 Å². The highest BCUT2D eigenvalue weighted by Gasteiger charge is 2.77. The fraction of sp³-hybridized carbons (Fsp3) is 0.300. The number of rotatable bonds is 7. The number of hydrogen-bond donors (Lipinski definition) is 3. The number of anilines is 2. The normalized spacial score (nSPS) is 29.2. The summed E-state index contributed by atoms with van der Waals surface area (Å²) in [6, 6.07) is 22.9. The summed E-state index contributed by atoms with van der Waals surface area (Å²) in [5.41, 5.74) is 0.370. The molecule has 6 rings (SSSR count). The van der Waals surface area contributed by atoms with E-state index in [9.17, 15) is 19.5 Å². The molecule has 10 heteroatoms. The molecule has 7 atom stereocenters. The number of hydrogen-bond acceptors (Lipinski definition) is 5. The number of aliphatic hydroxyl groups excluding tert-OH is 1. The Morgan fingerprint density at radius 3 is 2.33 bits per heavy atom. The third-order valence-electron chi connectivity index (χ3n) is 8.14. The molecular formula is C30H27BrClN3O5. The summed E-state index contributed by atoms with van der Waals surface area (Å²) < 4.78 is 6.55. The average Bonchev–Trinajstić information content (AvgIpc) is 3.55. The number of benzene rings is 3. The Balaban J connectivity index is 1.43. The maximum atomic E-state index is 14.4. The minimum atomic E-state index is -1.29. The second-order valence-corrected chi connectivity index (χ2v) is 11.9. The number of fused-ring (bicyclic) bond motifs is 1. The van der Waals surface area contributed by atoms with Crippen LogP contribution in [0.25, 0.3) is 0 Å². The zero-order valence-electron chi connectivity index (χ0n) is 21.2. The summed E-state index contributed by atoms with van der Waals surface area (Å²) in [4.78, 5) is 43.4. The molecule has 0 aromatic heterocycles. The molecule has 3 amide bonds. The van der Waals surface area contributed by atoms with Gasteiger partial charge in [0.2, 0.25) is 17.7 Å². The smallest absolute Gasteiger partial charge is 0.250 e. The third kappa shape index (κ3) is 4.32. The van der Waals surface area contributed by atoms with Crippen LogP contribution in [0.15, 0.2) is 84.9 Å². The number of likely N-dealkylation sites (tertiary alicyclic amines) is 1. The first kappa shape index (κ1) is 27.0. The van der Waals surface area contributed by atoms with Gasteiger partial charge in [-0.1, -0.05) is 88.2 Å². The summed E-state index contributed by atoms with van der Waals surface area (Å²) in [5, 5.41) is 16.7. The van der Waals surface area contributed by atoms with Gasteiger partial charge in [0.25, 0.3) is 0 Å². The van der Waals surface area contributed by atoms with Crippen LogP contribution in [0.5, 0.6) is 0 Å². The van der Waals surface area contributed by atoms with Crippen LogP contribution < -0.4 is 10.6 Å². The molecule has 3 fully saturated rings. The molecule has 206 valence electrons. The molecule has 3 aromatic rings. The number of amides is 3. The highest BCUT2D eigenvalue weighted by molar-refractivity contribution is 9.09. The van der Waals surface area contributed by atoms with Gasteiger partial charge in [-0.2, -0.15) is 0 Å². The monoisotopic (exact) mass is 623 g/mol. The van der Waals surface area contributed by atoms with E-state index >= 15 is 0 Å². The largest absolute Gasteiger partial charge is 0.394 e. The van der Waals surface area contributed by atoms with Crippen molar-refractivity contribution in [2.24, 2.45) is 11.8 Å². The number of aliphatic hydroxyl groups is 1. The molecule has 3 aromatic carbocycles. The van der Waals surface area contributed by atoms with Crippen LogP contribution in [0.1, 0.15) is 18.0 Å². The van der Waals surface area contributed by atoms with Crippen molar-refractivity contribution in [3.05, 3.63) is 95.5 Å². The van der Waals surface area contributed by atoms with Crippen LogP contribution in [0.4, 0.5) is 11.4 Å². The van der Waals surface area contributed by atoms with Crippen molar-refractivity contribution < 1.29 is 24.2 Å². The number of nitrogens with one attached hydrogen (secondary N) is 2. The Morgan fingerprint density at radius 1 is 1.00 bits per heavy atom. The van der Waals surface area contributed by atoms with Gasteiger partial charge >= 0.3 is 0 Å². The van der Waals surface area contributed by atoms with Crippen LogP contribution in [-0.4, -0.2) is 56.9 Å². The zero-order chi connectivity index (χ0) is 28.0. The van der Waals surface area contributed by atoms with Crippen LogP contribution >= 0.6 is 27.5 Å². The number of halogens is 2. The van der Waals surface area contributed by atoms with E-state index < -0.39 is 54.0 Å². The standard InChI is InChI=1S/C30H27BrClN3O5/c31-19-15-30-24(23(25(19)40-30)27(37)33-18-11-5-2-6-12-18)29(39)35(22(16-36)17-9-3-1-4-10-17)26(30)28(38)34-21-14-8-7-13-20(21)32/h1-14,19,22-26,36H,15-16H2,(H,33,37)(H,34,38)/t19?,22-,23+,24+,25+,26?,30?/m1/s1. The summed E-state index contributed by atoms with van der Waals surface area (Å²) in [6.45, 7) is -0.420. The minimum absolute atomic E-state index is 0.261. The van der Waals surface area contributed by atoms with Crippen LogP contribution in [0, 0.1) is 11.8 Å². The molecule has 3 saturated heterocycles. The molecule has 3 aliphatic rings. The van der Waals surface area contributed by atoms with E-state index in [0.717, 1.165) is 0 Å². The van der Waals surface area contributed by atoms with Crippen molar-refractivity contribution in [1.29, 1.82) is 0 Å². The average molecular weight is 625 g/mol. The third-order valence-corrected chi connectivity index (χ3v) is 9.32. The molecule has 2 bridgehead atoms. The van der Waals surface area contributed by atoms with Crippen molar-refractivity contribution >= 4 is 56.6 Å². The van der Waals surface area contributed by atoms with E-state index in [1.54, 1.807) is 48.5 Å². The molecule has 3 N–H and O–H groups in total. The van der Waals surface area contributed by atoms with E-state index in [0.29, 0.717) is 28.4 Å². The highest BCUT2D eigenvalue weighted by atomic mass is 79.9. The second-order valence-electron chi connectivity index (χ2n) is 10.3. The Morgan fingerprint density at radius 2 is 1.65 bits per heavy atom. The van der Waals surface area contributed by atoms with Gasteiger partial charge in [-0.05, 0) is 36.2 Å². The molecule has 0 aliphatic carbocycles. The summed E-state index contributed by atoms with van der Waals surface area (Å²) in [6.07, 6.45) is -0.271. The minimum Gasteiger partial charge on any atom is -0.394 e. The van der Waals surface area contributed by atoms with Crippen LogP contribution in [0.3, 0.4) is 0 Å². The van der Waals surface area contributed by atoms with Crippen molar-refractivity contribution in [2.75, 3.05) is 17.2 Å². The number of para-hydroxylation sites is 2. The number of carbonyl (C=O) groups excluding carboxylic acids is 3. The van der Waals surface area contributed by atoms with Crippen LogP contribution in [0.2, 0.25) is 5.02 Å². The Kier molecular flexibility index (Phi) is 7.16. The molecule has 1 spiro atoms. The van der Waals surface area contributed by atoms with Gasteiger partial charge in [0.05, 0.1) is 41.3 Å². The van der Waals surface area contributed by atoms with Gasteiger partial charge in [-0.3, -0.25) is 14.4 Å². The molecule has 0 radical (unpaired) electrons. The number of alkyl halides is 1. The lowest BCUT2D eigenvalue weighted by Crippen LogP contribution is -2.55. The lowest BCUT2D eigenvalue weighted by Gasteiger charge is -2.37. The predicted octanol–water partition coefficient (Wildman–Crippen LogP) is 4.40. The van der Waals surface area contributed by atoms with Gasteiger partial charge in [0.15, 0.2) is 0 Å². The van der Waals surface area contributed by atoms with Gasteiger partial charge in [0.1, 0.15) is 11.6 Å². The van der Waals surface area contributed by atoms with Crippen molar-refractivity contribution in [1.82, 2.24) is 4.90 Å². The Bertz CT molecular complexity index is 1440. The van der Waals surface area contributed by atoms with E-state index in [4.69, 9.17) is 16.3 Å². The first-order valence-electron chi connectivity index (χ1n) is 13.1. The second kappa shape index (κ2) is 10.6. The maximum Gasteiger partial charge on any atom is 0.250 e. The van der Waals surface area contributed by atoms with Gasteiger partial charge in [0, 0.05) is 10.5 Å². The molecule has 3 aliphatic heterocycles. The lowest BCUT2D eigenvalue weighted by atomic mass is 9.70. The Labute approximate surface area is 244 Å². The molecular weight excluding hydrogens is 598 g/mol. The lowest BCUT2D eigenvalue weighted by molar-refractivity contribution is -0.143. The SMILES string of the molecule is O=C(Nc1ccccc1Cl)C1N([C@H](CO)c2ccccc2)C(=O)[C@@H]2[C@H](C(=O)Nc3ccccc3)[C@H]3OC12CC3Br. The number of ether oxygens (including phenoxy) is 1. The summed E-state index contributed by atoms with van der Waals surface area (Å²) in [7, 11) is 0. The summed E-state index contributed by atoms with van der Waals surface area (Å²) >= 11 is 10.0. The maximum absolute atomic E-state index is 14.4. The molecule has 3 unspecified atom stereocenters. The molecule has 40 heavy (non-hydrogen) atoms. The van der Waals surface area contributed by atoms with Gasteiger partial charge < -0.3 is 25.4 Å². The van der Waals surface area contributed by atoms with Crippen molar-refractivity contribution in [3.8, 4) is 0 Å². The fourth-order valence-electron chi connectivity index (χ4n) is 6.54. The highest BCUT2D eigenvalue weighted by Crippen LogP contribution is 2.61. The number of carbonyl (C=O) groups is 3. The number of nitrogens with zero attached hydrogens (tertiary/aromatic N) is 1. The molecule has 0 saturated carbocycles. The zero-order valence-corrected chi connectivity index (χ0v) is 23.6. The fourth-order valence-corrected chi connectivity index (χ4v) is 7.67. The summed E-state index contributed by atoms with van der Waals surface area (Å²) in [5.74, 6) is -3.02.